The molecule has 1 fully saturated rings. The second kappa shape index (κ2) is 7.13. The summed E-state index contributed by atoms with van der Waals surface area (Å²) in [6, 6.07) is 10.4. The summed E-state index contributed by atoms with van der Waals surface area (Å²) in [6.45, 7) is 4.77. The predicted octanol–water partition coefficient (Wildman–Crippen LogP) is 0.929. The van der Waals surface area contributed by atoms with E-state index in [2.05, 4.69) is 33.3 Å². The average Bonchev–Trinajstić information content (AvgIpc) is 2.53. The Bertz CT molecular complexity index is 446. The fourth-order valence-electron chi connectivity index (χ4n) is 2.44. The zero-order valence-corrected chi connectivity index (χ0v) is 12.2. The van der Waals surface area contributed by atoms with Crippen molar-refractivity contribution in [2.75, 3.05) is 51.8 Å². The van der Waals surface area contributed by atoms with E-state index in [9.17, 15) is 0 Å². The zero-order valence-electron chi connectivity index (χ0n) is 12.2. The molecule has 0 amide bonds. The van der Waals surface area contributed by atoms with Crippen molar-refractivity contribution in [2.45, 2.75) is 6.04 Å². The van der Waals surface area contributed by atoms with Crippen molar-refractivity contribution >= 4 is 5.69 Å². The molecule has 1 aliphatic rings. The molecule has 1 N–H and O–H groups in total. The van der Waals surface area contributed by atoms with E-state index in [4.69, 9.17) is 10.00 Å². The van der Waals surface area contributed by atoms with Crippen molar-refractivity contribution in [3.63, 3.8) is 0 Å². The molecule has 1 saturated heterocycles. The van der Waals surface area contributed by atoms with Gasteiger partial charge in [-0.2, -0.15) is 5.26 Å². The first-order valence-corrected chi connectivity index (χ1v) is 6.95. The van der Waals surface area contributed by atoms with E-state index in [1.165, 1.54) is 5.69 Å². The monoisotopic (exact) mass is 274 g/mol. The largest absolute Gasteiger partial charge is 0.497 e. The molecule has 108 valence electrons. The lowest BCUT2D eigenvalue weighted by Crippen LogP contribution is -2.50. The maximum absolute atomic E-state index is 8.97. The van der Waals surface area contributed by atoms with Crippen LogP contribution in [-0.4, -0.2) is 57.8 Å². The van der Waals surface area contributed by atoms with Crippen LogP contribution in [-0.2, 0) is 0 Å². The smallest absolute Gasteiger partial charge is 0.119 e. The van der Waals surface area contributed by atoms with Crippen LogP contribution in [0, 0.1) is 11.3 Å². The number of anilines is 1. The highest BCUT2D eigenvalue weighted by Crippen LogP contribution is 2.20. The van der Waals surface area contributed by atoms with Gasteiger partial charge in [-0.3, -0.25) is 4.90 Å². The number of nitrogens with zero attached hydrogens (tertiary/aromatic N) is 3. The van der Waals surface area contributed by atoms with Crippen LogP contribution in [0.1, 0.15) is 0 Å². The molecule has 2 rings (SSSR count). The molecule has 0 saturated carbocycles. The molecule has 1 aromatic rings. The first-order valence-electron chi connectivity index (χ1n) is 6.95. The van der Waals surface area contributed by atoms with Crippen molar-refractivity contribution in [2.24, 2.45) is 0 Å². The average molecular weight is 274 g/mol. The Hall–Kier alpha value is -1.77. The van der Waals surface area contributed by atoms with Gasteiger partial charge in [0.2, 0.25) is 0 Å². The van der Waals surface area contributed by atoms with E-state index in [0.717, 1.165) is 38.5 Å². The Morgan fingerprint density at radius 3 is 2.40 bits per heavy atom. The lowest BCUT2D eigenvalue weighted by atomic mass is 10.2. The number of nitriles is 1. The maximum Gasteiger partial charge on any atom is 0.119 e. The van der Waals surface area contributed by atoms with Crippen LogP contribution in [0.5, 0.6) is 5.75 Å². The van der Waals surface area contributed by atoms with Crippen LogP contribution in [0.15, 0.2) is 24.3 Å². The van der Waals surface area contributed by atoms with Crippen LogP contribution in [0.3, 0.4) is 0 Å². The SMILES string of the molecule is CNC(C#N)CN1CCN(c2ccc(OC)cc2)CC1. The van der Waals surface area contributed by atoms with Crippen molar-refractivity contribution in [1.82, 2.24) is 10.2 Å². The summed E-state index contributed by atoms with van der Waals surface area (Å²) in [7, 11) is 3.52. The second-order valence-corrected chi connectivity index (χ2v) is 4.96. The normalized spacial score (nSPS) is 17.6. The minimum Gasteiger partial charge on any atom is -0.497 e. The molecule has 1 unspecified atom stereocenters. The van der Waals surface area contributed by atoms with Gasteiger partial charge >= 0.3 is 0 Å². The standard InChI is InChI=1S/C15H22N4O/c1-17-13(11-16)12-18-7-9-19(10-8-18)14-3-5-15(20-2)6-4-14/h3-6,13,17H,7-10,12H2,1-2H3. The molecule has 0 aliphatic carbocycles. The molecule has 5 nitrogen and oxygen atoms in total. The van der Waals surface area contributed by atoms with Crippen LogP contribution < -0.4 is 15.0 Å². The number of methoxy groups -OCH3 is 1. The molecule has 0 spiro atoms. The highest BCUT2D eigenvalue weighted by atomic mass is 16.5. The number of nitrogens with one attached hydrogen (secondary N) is 1. The number of likely N-dealkylation sites (N-methyl/N-ethyl adjacent to an activating group) is 1. The molecular formula is C15H22N4O. The molecular weight excluding hydrogens is 252 g/mol. The third-order valence-corrected chi connectivity index (χ3v) is 3.75. The van der Waals surface area contributed by atoms with E-state index in [-0.39, 0.29) is 6.04 Å². The molecule has 5 heteroatoms. The predicted molar refractivity (Wildman–Crippen MR) is 80.1 cm³/mol. The maximum atomic E-state index is 8.97. The summed E-state index contributed by atoms with van der Waals surface area (Å²) in [5.74, 6) is 0.887. The van der Waals surface area contributed by atoms with Crippen LogP contribution >= 0.6 is 0 Å². The highest BCUT2D eigenvalue weighted by molar-refractivity contribution is 5.49. The van der Waals surface area contributed by atoms with E-state index in [1.54, 1.807) is 7.11 Å². The number of rotatable bonds is 5. The van der Waals surface area contributed by atoms with Gasteiger partial charge < -0.3 is 15.0 Å². The van der Waals surface area contributed by atoms with Crippen LogP contribution in [0.25, 0.3) is 0 Å². The van der Waals surface area contributed by atoms with Crippen LogP contribution in [0.2, 0.25) is 0 Å². The summed E-state index contributed by atoms with van der Waals surface area (Å²) in [5, 5.41) is 12.0. The topological polar surface area (TPSA) is 51.5 Å². The minimum absolute atomic E-state index is 0.0810. The van der Waals surface area contributed by atoms with Crippen molar-refractivity contribution < 1.29 is 4.74 Å². The van der Waals surface area contributed by atoms with Gasteiger partial charge in [-0.15, -0.1) is 0 Å². The van der Waals surface area contributed by atoms with Crippen molar-refractivity contribution in [3.05, 3.63) is 24.3 Å². The fourth-order valence-corrected chi connectivity index (χ4v) is 2.44. The molecule has 0 radical (unpaired) electrons. The highest BCUT2D eigenvalue weighted by Gasteiger charge is 2.19. The second-order valence-electron chi connectivity index (χ2n) is 4.96. The van der Waals surface area contributed by atoms with Crippen molar-refractivity contribution in [1.29, 1.82) is 5.26 Å². The summed E-state index contributed by atoms with van der Waals surface area (Å²) in [4.78, 5) is 4.71. The van der Waals surface area contributed by atoms with Gasteiger partial charge in [-0.1, -0.05) is 0 Å². The molecule has 1 heterocycles. The molecule has 1 atom stereocenters. The fraction of sp³-hybridized carbons (Fsp3) is 0.533. The zero-order chi connectivity index (χ0) is 14.4. The van der Waals surface area contributed by atoms with Crippen LogP contribution in [0.4, 0.5) is 5.69 Å². The quantitative estimate of drug-likeness (QED) is 0.865. The number of benzene rings is 1. The van der Waals surface area contributed by atoms with E-state index >= 15 is 0 Å². The van der Waals surface area contributed by atoms with E-state index < -0.39 is 0 Å². The first kappa shape index (κ1) is 14.6. The Balaban J connectivity index is 1.86. The van der Waals surface area contributed by atoms with Gasteiger partial charge in [-0.25, -0.2) is 0 Å². The number of piperazine rings is 1. The summed E-state index contributed by atoms with van der Waals surface area (Å²) in [5.41, 5.74) is 1.23. The first-order chi connectivity index (χ1) is 9.76. The number of ether oxygens (including phenoxy) is 1. The Kier molecular flexibility index (Phi) is 5.22. The minimum atomic E-state index is -0.0810. The Labute approximate surface area is 120 Å². The van der Waals surface area contributed by atoms with Gasteiger partial charge in [0.1, 0.15) is 11.8 Å². The van der Waals surface area contributed by atoms with Gasteiger partial charge in [0.05, 0.1) is 13.2 Å². The summed E-state index contributed by atoms with van der Waals surface area (Å²) >= 11 is 0. The molecule has 0 aromatic heterocycles. The summed E-state index contributed by atoms with van der Waals surface area (Å²) in [6.07, 6.45) is 0. The molecule has 1 aromatic carbocycles. The van der Waals surface area contributed by atoms with Crippen molar-refractivity contribution in [3.8, 4) is 11.8 Å². The van der Waals surface area contributed by atoms with Gasteiger partial charge in [-0.05, 0) is 31.3 Å². The van der Waals surface area contributed by atoms with E-state index in [0.29, 0.717) is 0 Å². The Morgan fingerprint density at radius 1 is 1.25 bits per heavy atom. The lowest BCUT2D eigenvalue weighted by Gasteiger charge is -2.36. The lowest BCUT2D eigenvalue weighted by molar-refractivity contribution is 0.246. The number of hydrogen-bond donors (Lipinski definition) is 1. The molecule has 20 heavy (non-hydrogen) atoms. The van der Waals surface area contributed by atoms with Gasteiger partial charge in [0, 0.05) is 38.4 Å². The molecule has 1 aliphatic heterocycles. The Morgan fingerprint density at radius 2 is 1.90 bits per heavy atom. The molecule has 0 bridgehead atoms. The van der Waals surface area contributed by atoms with Gasteiger partial charge in [0.25, 0.3) is 0 Å². The van der Waals surface area contributed by atoms with Gasteiger partial charge in [0.15, 0.2) is 0 Å². The summed E-state index contributed by atoms with van der Waals surface area (Å²) < 4.78 is 5.18. The van der Waals surface area contributed by atoms with E-state index in [1.807, 2.05) is 19.2 Å². The third-order valence-electron chi connectivity index (χ3n) is 3.75. The third kappa shape index (κ3) is 3.62. The number of hydrogen-bond acceptors (Lipinski definition) is 5.